The van der Waals surface area contributed by atoms with E-state index in [2.05, 4.69) is 4.98 Å². The van der Waals surface area contributed by atoms with E-state index in [4.69, 9.17) is 0 Å². The van der Waals surface area contributed by atoms with Crippen molar-refractivity contribution in [1.29, 1.82) is 0 Å². The Morgan fingerprint density at radius 2 is 2.00 bits per heavy atom. The zero-order valence-corrected chi connectivity index (χ0v) is 9.84. The molecule has 2 aromatic heterocycles. The first-order valence-corrected chi connectivity index (χ1v) is 5.87. The number of benzene rings is 1. The van der Waals surface area contributed by atoms with Crippen molar-refractivity contribution >= 4 is 26.5 Å². The van der Waals surface area contributed by atoms with E-state index in [9.17, 15) is 5.11 Å². The van der Waals surface area contributed by atoms with E-state index >= 15 is 0 Å². The van der Waals surface area contributed by atoms with E-state index in [0.717, 1.165) is 20.9 Å². The summed E-state index contributed by atoms with van der Waals surface area (Å²) in [5, 5.41) is 11.8. The lowest BCUT2D eigenvalue weighted by molar-refractivity contribution is -0.496. The average Bonchev–Trinajstić information content (AvgIpc) is 2.64. The summed E-state index contributed by atoms with van der Waals surface area (Å²) in [6.07, 6.45) is 0. The van der Waals surface area contributed by atoms with Crippen molar-refractivity contribution in [3.8, 4) is 5.75 Å². The molecule has 3 nitrogen and oxygen atoms in total. The third kappa shape index (κ3) is 1.13. The molecule has 0 atom stereocenters. The van der Waals surface area contributed by atoms with E-state index in [0.29, 0.717) is 5.69 Å². The molecule has 0 bridgehead atoms. The maximum absolute atomic E-state index is 11.8. The molecule has 0 aliphatic heterocycles. The van der Waals surface area contributed by atoms with Gasteiger partial charge in [0, 0.05) is 6.92 Å². The number of hydrogen-bond donors (Lipinski definition) is 0. The predicted octanol–water partition coefficient (Wildman–Crippen LogP) is 1.73. The maximum atomic E-state index is 11.8. The van der Waals surface area contributed by atoms with Crippen molar-refractivity contribution in [2.24, 2.45) is 0 Å². The van der Waals surface area contributed by atoms with Gasteiger partial charge in [-0.1, -0.05) is 12.1 Å². The third-order valence-electron chi connectivity index (χ3n) is 2.75. The molecular formula is C12H10N2OS. The first-order valence-electron chi connectivity index (χ1n) is 5.06. The van der Waals surface area contributed by atoms with Gasteiger partial charge in [0.15, 0.2) is 5.52 Å². The zero-order valence-electron chi connectivity index (χ0n) is 9.02. The number of thiazole rings is 1. The largest absolute Gasteiger partial charge is 0.867 e. The van der Waals surface area contributed by atoms with Gasteiger partial charge in [0.1, 0.15) is 11.4 Å². The van der Waals surface area contributed by atoms with E-state index in [1.54, 1.807) is 18.3 Å². The first-order chi connectivity index (χ1) is 7.68. The van der Waals surface area contributed by atoms with Crippen LogP contribution in [-0.2, 0) is 0 Å². The normalized spacial score (nSPS) is 11.4. The summed E-state index contributed by atoms with van der Waals surface area (Å²) in [4.78, 5) is 5.23. The zero-order chi connectivity index (χ0) is 11.3. The van der Waals surface area contributed by atoms with Gasteiger partial charge >= 0.3 is 4.96 Å². The van der Waals surface area contributed by atoms with Crippen molar-refractivity contribution in [1.82, 2.24) is 4.98 Å². The van der Waals surface area contributed by atoms with Crippen molar-refractivity contribution < 1.29 is 9.51 Å². The van der Waals surface area contributed by atoms with E-state index in [-0.39, 0.29) is 5.75 Å². The van der Waals surface area contributed by atoms with Crippen molar-refractivity contribution in [3.63, 3.8) is 0 Å². The SMILES string of the molecule is Cc1nc2sc3ccccc3[n+]2c(C)c1[O-]. The molecule has 0 radical (unpaired) electrons. The summed E-state index contributed by atoms with van der Waals surface area (Å²) in [6.45, 7) is 3.61. The molecule has 4 heteroatoms. The van der Waals surface area contributed by atoms with Crippen LogP contribution in [0.5, 0.6) is 5.75 Å². The van der Waals surface area contributed by atoms with Crippen LogP contribution in [0.4, 0.5) is 0 Å². The number of para-hydroxylation sites is 1. The molecule has 0 spiro atoms. The number of aromatic nitrogens is 2. The van der Waals surface area contributed by atoms with Crippen LogP contribution in [0.2, 0.25) is 0 Å². The van der Waals surface area contributed by atoms with Crippen molar-refractivity contribution in [2.45, 2.75) is 13.8 Å². The fraction of sp³-hybridized carbons (Fsp3) is 0.167. The van der Waals surface area contributed by atoms with Crippen LogP contribution in [0.1, 0.15) is 11.4 Å². The summed E-state index contributed by atoms with van der Waals surface area (Å²) in [6, 6.07) is 8.04. The molecule has 0 saturated heterocycles. The maximum Gasteiger partial charge on any atom is 0.388 e. The quantitative estimate of drug-likeness (QED) is 0.552. The minimum absolute atomic E-state index is 0.0288. The Bertz CT molecular complexity index is 703. The molecule has 1 aromatic carbocycles. The van der Waals surface area contributed by atoms with Crippen molar-refractivity contribution in [3.05, 3.63) is 35.7 Å². The fourth-order valence-corrected chi connectivity index (χ4v) is 3.05. The molecular weight excluding hydrogens is 220 g/mol. The minimum atomic E-state index is 0.0288. The smallest absolute Gasteiger partial charge is 0.388 e. The topological polar surface area (TPSA) is 40.0 Å². The fourth-order valence-electron chi connectivity index (χ4n) is 1.93. The Balaban J connectivity index is 2.62. The molecule has 2 heterocycles. The van der Waals surface area contributed by atoms with E-state index < -0.39 is 0 Å². The molecule has 0 saturated carbocycles. The molecule has 0 aliphatic carbocycles. The number of hydrogen-bond acceptors (Lipinski definition) is 3. The Morgan fingerprint density at radius 3 is 2.81 bits per heavy atom. The van der Waals surface area contributed by atoms with Crippen LogP contribution in [0, 0.1) is 13.8 Å². The van der Waals surface area contributed by atoms with Gasteiger partial charge in [-0.2, -0.15) is 4.40 Å². The van der Waals surface area contributed by atoms with Crippen LogP contribution in [0.15, 0.2) is 24.3 Å². The van der Waals surface area contributed by atoms with Gasteiger partial charge in [-0.25, -0.2) is 0 Å². The molecule has 0 unspecified atom stereocenters. The molecule has 0 aliphatic rings. The van der Waals surface area contributed by atoms with Gasteiger partial charge in [-0.05, 0) is 41.1 Å². The van der Waals surface area contributed by atoms with Crippen LogP contribution in [-0.4, -0.2) is 4.98 Å². The molecule has 80 valence electrons. The Hall–Kier alpha value is -1.68. The van der Waals surface area contributed by atoms with Crippen molar-refractivity contribution in [2.75, 3.05) is 0 Å². The second kappa shape index (κ2) is 3.15. The lowest BCUT2D eigenvalue weighted by Crippen LogP contribution is -2.27. The highest BCUT2D eigenvalue weighted by molar-refractivity contribution is 7.22. The summed E-state index contributed by atoms with van der Waals surface area (Å²) in [5.74, 6) is 0.0288. The minimum Gasteiger partial charge on any atom is -0.867 e. The Kier molecular flexibility index (Phi) is 1.88. The molecule has 16 heavy (non-hydrogen) atoms. The highest BCUT2D eigenvalue weighted by atomic mass is 32.1. The number of rotatable bonds is 0. The molecule has 3 aromatic rings. The lowest BCUT2D eigenvalue weighted by Gasteiger charge is -2.07. The number of fused-ring (bicyclic) bond motifs is 3. The van der Waals surface area contributed by atoms with Gasteiger partial charge in [-0.3, -0.25) is 0 Å². The van der Waals surface area contributed by atoms with Crippen LogP contribution >= 0.6 is 11.3 Å². The van der Waals surface area contributed by atoms with Crippen LogP contribution < -0.4 is 9.51 Å². The summed E-state index contributed by atoms with van der Waals surface area (Å²) < 4.78 is 3.10. The number of nitrogens with zero attached hydrogens (tertiary/aromatic N) is 2. The van der Waals surface area contributed by atoms with Gasteiger partial charge in [-0.15, -0.1) is 0 Å². The Morgan fingerprint density at radius 1 is 1.25 bits per heavy atom. The highest BCUT2D eigenvalue weighted by Gasteiger charge is 2.17. The summed E-state index contributed by atoms with van der Waals surface area (Å²) in [5.41, 5.74) is 2.37. The molecule has 3 rings (SSSR count). The van der Waals surface area contributed by atoms with E-state index in [1.807, 2.05) is 35.6 Å². The second-order valence-corrected chi connectivity index (χ2v) is 4.81. The summed E-state index contributed by atoms with van der Waals surface area (Å²) >= 11 is 1.61. The van der Waals surface area contributed by atoms with Gasteiger partial charge in [0.05, 0.1) is 4.70 Å². The first kappa shape index (κ1) is 9.54. The third-order valence-corrected chi connectivity index (χ3v) is 3.78. The molecule has 0 fully saturated rings. The standard InChI is InChI=1S/C12H10N2OS/c1-7-11(15)8(2)14-9-5-3-4-6-10(9)16-12(14)13-7/h3-6H,1-2H3. The van der Waals surface area contributed by atoms with Crippen LogP contribution in [0.3, 0.4) is 0 Å². The number of aryl methyl sites for hydroxylation is 2. The average molecular weight is 230 g/mol. The second-order valence-electron chi connectivity index (χ2n) is 3.80. The van der Waals surface area contributed by atoms with Gasteiger partial charge < -0.3 is 5.11 Å². The molecule has 0 N–H and O–H groups in total. The monoisotopic (exact) mass is 230 g/mol. The highest BCUT2D eigenvalue weighted by Crippen LogP contribution is 2.23. The van der Waals surface area contributed by atoms with Crippen LogP contribution in [0.25, 0.3) is 15.2 Å². The van der Waals surface area contributed by atoms with E-state index in [1.165, 1.54) is 0 Å². The van der Waals surface area contributed by atoms with Gasteiger partial charge in [0.25, 0.3) is 0 Å². The summed E-state index contributed by atoms with van der Waals surface area (Å²) in [7, 11) is 0. The lowest BCUT2D eigenvalue weighted by atomic mass is 10.3. The molecule has 0 amide bonds. The Labute approximate surface area is 96.6 Å². The predicted molar refractivity (Wildman–Crippen MR) is 61.7 cm³/mol. The van der Waals surface area contributed by atoms with Gasteiger partial charge in [0.2, 0.25) is 0 Å².